The predicted molar refractivity (Wildman–Crippen MR) is 75.3 cm³/mol. The van der Waals surface area contributed by atoms with E-state index in [-0.39, 0.29) is 17.9 Å². The molecule has 0 aliphatic carbocycles. The fourth-order valence-corrected chi connectivity index (χ4v) is 2.04. The zero-order chi connectivity index (χ0) is 14.7. The zero-order valence-corrected chi connectivity index (χ0v) is 11.4. The number of ether oxygens (including phenoxy) is 1. The third-order valence-electron chi connectivity index (χ3n) is 3.17. The van der Waals surface area contributed by atoms with Crippen LogP contribution in [0.4, 0.5) is 0 Å². The van der Waals surface area contributed by atoms with Crippen LogP contribution in [-0.4, -0.2) is 16.2 Å². The molecule has 0 bridgehead atoms. The highest BCUT2D eigenvalue weighted by molar-refractivity contribution is 5.89. The molecule has 0 aliphatic heterocycles. The monoisotopic (exact) mass is 272 g/mol. The molecule has 4 heteroatoms. The van der Waals surface area contributed by atoms with Crippen LogP contribution in [0.3, 0.4) is 0 Å². The molecule has 0 radical (unpaired) electrons. The molecule has 0 heterocycles. The Morgan fingerprint density at radius 2 is 1.90 bits per heavy atom. The van der Waals surface area contributed by atoms with Crippen LogP contribution in [-0.2, 0) is 6.61 Å². The van der Waals surface area contributed by atoms with Crippen LogP contribution in [0.1, 0.15) is 27.0 Å². The predicted octanol–water partition coefficient (Wildman–Crippen LogP) is 3.29. The standard InChI is InChI=1S/C16H16O4/c1-10-4-3-5-13(16(18)19)14(10)9-20-15-7-6-12(17)8-11(15)2/h3-8,17H,9H2,1-2H3,(H,18,19). The van der Waals surface area contributed by atoms with E-state index in [0.29, 0.717) is 11.3 Å². The molecule has 0 aromatic heterocycles. The number of rotatable bonds is 4. The Bertz CT molecular complexity index is 647. The number of aromatic hydroxyl groups is 1. The zero-order valence-electron chi connectivity index (χ0n) is 11.4. The maximum Gasteiger partial charge on any atom is 0.336 e. The van der Waals surface area contributed by atoms with Gasteiger partial charge in [0.05, 0.1) is 5.56 Å². The molecular weight excluding hydrogens is 256 g/mol. The molecule has 2 aromatic rings. The summed E-state index contributed by atoms with van der Waals surface area (Å²) in [7, 11) is 0. The summed E-state index contributed by atoms with van der Waals surface area (Å²) in [5.74, 6) is -0.158. The van der Waals surface area contributed by atoms with Gasteiger partial charge in [-0.1, -0.05) is 12.1 Å². The van der Waals surface area contributed by atoms with Crippen molar-refractivity contribution in [2.75, 3.05) is 0 Å². The molecule has 0 saturated heterocycles. The number of phenolic OH excluding ortho intramolecular Hbond substituents is 1. The van der Waals surface area contributed by atoms with E-state index in [1.807, 2.05) is 19.9 Å². The first-order valence-electron chi connectivity index (χ1n) is 6.23. The molecule has 2 aromatic carbocycles. The second-order valence-electron chi connectivity index (χ2n) is 4.64. The summed E-state index contributed by atoms with van der Waals surface area (Å²) in [5, 5.41) is 18.5. The highest BCUT2D eigenvalue weighted by atomic mass is 16.5. The summed E-state index contributed by atoms with van der Waals surface area (Å²) in [5.41, 5.74) is 2.59. The van der Waals surface area contributed by atoms with Crippen LogP contribution in [0.2, 0.25) is 0 Å². The first-order valence-corrected chi connectivity index (χ1v) is 6.23. The van der Waals surface area contributed by atoms with Crippen LogP contribution < -0.4 is 4.74 Å². The van der Waals surface area contributed by atoms with Gasteiger partial charge in [0, 0.05) is 5.56 Å². The molecule has 20 heavy (non-hydrogen) atoms. The summed E-state index contributed by atoms with van der Waals surface area (Å²) >= 11 is 0. The lowest BCUT2D eigenvalue weighted by atomic mass is 10.0. The minimum atomic E-state index is -0.963. The number of carboxylic acids is 1. The summed E-state index contributed by atoms with van der Waals surface area (Å²) < 4.78 is 5.68. The van der Waals surface area contributed by atoms with Crippen LogP contribution in [0.15, 0.2) is 36.4 Å². The molecule has 104 valence electrons. The minimum Gasteiger partial charge on any atom is -0.508 e. The quantitative estimate of drug-likeness (QED) is 0.896. The average molecular weight is 272 g/mol. The van der Waals surface area contributed by atoms with E-state index in [1.165, 1.54) is 6.07 Å². The number of phenols is 1. The smallest absolute Gasteiger partial charge is 0.336 e. The largest absolute Gasteiger partial charge is 0.508 e. The van der Waals surface area contributed by atoms with Gasteiger partial charge in [0.2, 0.25) is 0 Å². The molecule has 2 rings (SSSR count). The summed E-state index contributed by atoms with van der Waals surface area (Å²) in [6.45, 7) is 3.86. The second-order valence-corrected chi connectivity index (χ2v) is 4.64. The van der Waals surface area contributed by atoms with E-state index in [2.05, 4.69) is 0 Å². The third kappa shape index (κ3) is 2.91. The Balaban J connectivity index is 2.25. The molecule has 0 aliphatic rings. The average Bonchev–Trinajstić information content (AvgIpc) is 2.38. The van der Waals surface area contributed by atoms with Gasteiger partial charge in [-0.3, -0.25) is 0 Å². The van der Waals surface area contributed by atoms with Crippen LogP contribution >= 0.6 is 0 Å². The van der Waals surface area contributed by atoms with E-state index in [4.69, 9.17) is 4.74 Å². The Morgan fingerprint density at radius 1 is 1.15 bits per heavy atom. The molecule has 0 spiro atoms. The highest BCUT2D eigenvalue weighted by Gasteiger charge is 2.13. The maximum absolute atomic E-state index is 11.2. The Morgan fingerprint density at radius 3 is 2.55 bits per heavy atom. The van der Waals surface area contributed by atoms with Gasteiger partial charge in [-0.25, -0.2) is 4.79 Å². The van der Waals surface area contributed by atoms with Crippen molar-refractivity contribution >= 4 is 5.97 Å². The van der Waals surface area contributed by atoms with Crippen LogP contribution in [0.5, 0.6) is 11.5 Å². The van der Waals surface area contributed by atoms with Gasteiger partial charge in [0.1, 0.15) is 18.1 Å². The van der Waals surface area contributed by atoms with Crippen molar-refractivity contribution in [2.45, 2.75) is 20.5 Å². The normalized spacial score (nSPS) is 10.3. The number of hydrogen-bond acceptors (Lipinski definition) is 3. The number of aryl methyl sites for hydroxylation is 2. The van der Waals surface area contributed by atoms with Crippen LogP contribution in [0, 0.1) is 13.8 Å². The van der Waals surface area contributed by atoms with Crippen molar-refractivity contribution in [3.8, 4) is 11.5 Å². The van der Waals surface area contributed by atoms with Crippen molar-refractivity contribution in [3.05, 3.63) is 58.7 Å². The Labute approximate surface area is 117 Å². The molecule has 0 amide bonds. The Kier molecular flexibility index (Phi) is 3.94. The number of carbonyl (C=O) groups is 1. The first kappa shape index (κ1) is 13.9. The molecule has 0 saturated carbocycles. The minimum absolute atomic E-state index is 0.178. The van der Waals surface area contributed by atoms with Gasteiger partial charge < -0.3 is 14.9 Å². The fraction of sp³-hybridized carbons (Fsp3) is 0.188. The van der Waals surface area contributed by atoms with Gasteiger partial charge >= 0.3 is 5.97 Å². The van der Waals surface area contributed by atoms with Gasteiger partial charge in [-0.05, 0) is 49.2 Å². The van der Waals surface area contributed by atoms with Gasteiger partial charge in [-0.2, -0.15) is 0 Å². The Hall–Kier alpha value is -2.49. The molecule has 2 N–H and O–H groups in total. The van der Waals surface area contributed by atoms with Crippen molar-refractivity contribution in [3.63, 3.8) is 0 Å². The van der Waals surface area contributed by atoms with Crippen molar-refractivity contribution in [2.24, 2.45) is 0 Å². The fourth-order valence-electron chi connectivity index (χ4n) is 2.04. The molecular formula is C16H16O4. The van der Waals surface area contributed by atoms with Gasteiger partial charge in [0.15, 0.2) is 0 Å². The maximum atomic E-state index is 11.2. The molecule has 0 atom stereocenters. The van der Waals surface area contributed by atoms with Crippen molar-refractivity contribution < 1.29 is 19.7 Å². The summed E-state index contributed by atoms with van der Waals surface area (Å²) in [6.07, 6.45) is 0. The number of benzene rings is 2. The van der Waals surface area contributed by atoms with Crippen molar-refractivity contribution in [1.29, 1.82) is 0 Å². The van der Waals surface area contributed by atoms with Crippen LogP contribution in [0.25, 0.3) is 0 Å². The molecule has 4 nitrogen and oxygen atoms in total. The number of aromatic carboxylic acids is 1. The highest BCUT2D eigenvalue weighted by Crippen LogP contribution is 2.24. The SMILES string of the molecule is Cc1cc(O)ccc1OCc1c(C)cccc1C(=O)O. The molecule has 0 fully saturated rings. The lowest BCUT2D eigenvalue weighted by molar-refractivity contribution is 0.0693. The number of hydrogen-bond donors (Lipinski definition) is 2. The topological polar surface area (TPSA) is 66.8 Å². The summed E-state index contributed by atoms with van der Waals surface area (Å²) in [6, 6.07) is 9.95. The van der Waals surface area contributed by atoms with E-state index in [9.17, 15) is 15.0 Å². The summed E-state index contributed by atoms with van der Waals surface area (Å²) in [4.78, 5) is 11.2. The number of carboxylic acid groups (broad SMARTS) is 1. The van der Waals surface area contributed by atoms with Crippen molar-refractivity contribution in [1.82, 2.24) is 0 Å². The first-order chi connectivity index (χ1) is 9.49. The van der Waals surface area contributed by atoms with Gasteiger partial charge in [0.25, 0.3) is 0 Å². The van der Waals surface area contributed by atoms with Gasteiger partial charge in [-0.15, -0.1) is 0 Å². The van der Waals surface area contributed by atoms with E-state index in [0.717, 1.165) is 11.1 Å². The van der Waals surface area contributed by atoms with E-state index >= 15 is 0 Å². The van der Waals surface area contributed by atoms with E-state index in [1.54, 1.807) is 24.3 Å². The lowest BCUT2D eigenvalue weighted by Gasteiger charge is -2.13. The third-order valence-corrected chi connectivity index (χ3v) is 3.17. The van der Waals surface area contributed by atoms with E-state index < -0.39 is 5.97 Å². The second kappa shape index (κ2) is 5.65. The lowest BCUT2D eigenvalue weighted by Crippen LogP contribution is -2.08. The molecule has 0 unspecified atom stereocenters.